The van der Waals surface area contributed by atoms with Gasteiger partial charge in [-0.3, -0.25) is 13.9 Å². The van der Waals surface area contributed by atoms with Crippen molar-refractivity contribution in [3.8, 4) is 5.75 Å². The molecule has 0 aliphatic carbocycles. The molecule has 2 atom stereocenters. The first-order valence-corrected chi connectivity index (χ1v) is 18.0. The number of halogens is 1. The van der Waals surface area contributed by atoms with Gasteiger partial charge in [-0.2, -0.15) is 0 Å². The van der Waals surface area contributed by atoms with Crippen LogP contribution in [0.25, 0.3) is 0 Å². The summed E-state index contributed by atoms with van der Waals surface area (Å²) in [5.74, 6) is -0.235. The van der Waals surface area contributed by atoms with Gasteiger partial charge in [0.15, 0.2) is 0 Å². The van der Waals surface area contributed by atoms with Gasteiger partial charge in [-0.05, 0) is 86.8 Å². The summed E-state index contributed by atoms with van der Waals surface area (Å²) in [7, 11) is -4.21. The predicted octanol–water partition coefficient (Wildman–Crippen LogP) is 6.91. The summed E-state index contributed by atoms with van der Waals surface area (Å²) in [5, 5.41) is 3.06. The van der Waals surface area contributed by atoms with E-state index in [9.17, 15) is 18.0 Å². The van der Waals surface area contributed by atoms with Gasteiger partial charge in [-0.1, -0.05) is 83.0 Å². The van der Waals surface area contributed by atoms with Gasteiger partial charge in [0.05, 0.1) is 17.2 Å². The van der Waals surface area contributed by atoms with E-state index in [2.05, 4.69) is 21.2 Å². The molecular formula is C37H42BrN3O5S. The number of anilines is 1. The Bertz CT molecular complexity index is 1720. The molecular weight excluding hydrogens is 678 g/mol. The average molecular weight is 721 g/mol. The number of sulfonamides is 1. The maximum absolute atomic E-state index is 14.6. The van der Waals surface area contributed by atoms with Gasteiger partial charge in [-0.25, -0.2) is 8.42 Å². The summed E-state index contributed by atoms with van der Waals surface area (Å²) in [5.41, 5.74) is 3.05. The molecule has 1 N–H and O–H groups in total. The molecule has 248 valence electrons. The van der Waals surface area contributed by atoms with Gasteiger partial charge in [0, 0.05) is 23.5 Å². The SMILES string of the molecule is CCOc1ccc(N(CC(=O)N(Cc2ccc(C)cc2)[C@H](Cc2ccccc2)C(=O)N[C@H](C)CC)S(=O)(=O)c2ccc(Br)cc2)cc1. The van der Waals surface area contributed by atoms with Crippen LogP contribution in [-0.4, -0.2) is 50.4 Å². The third kappa shape index (κ3) is 9.68. The zero-order valence-corrected chi connectivity index (χ0v) is 29.6. The van der Waals surface area contributed by atoms with Crippen LogP contribution in [0.1, 0.15) is 43.9 Å². The standard InChI is InChI=1S/C37H42BrN3O5S/c1-5-28(4)39-37(43)35(24-29-10-8-7-9-11-29)40(25-30-14-12-27(3)13-15-30)36(42)26-41(32-18-20-33(21-19-32)46-6-2)47(44,45)34-22-16-31(38)17-23-34/h7-23,28,35H,5-6,24-26H2,1-4H3,(H,39,43)/t28-,35-/m1/s1. The fourth-order valence-electron chi connectivity index (χ4n) is 5.02. The Morgan fingerprint density at radius 3 is 2.09 bits per heavy atom. The van der Waals surface area contributed by atoms with Crippen LogP contribution < -0.4 is 14.4 Å². The van der Waals surface area contributed by atoms with Crippen LogP contribution in [0, 0.1) is 6.92 Å². The monoisotopic (exact) mass is 719 g/mol. The van der Waals surface area contributed by atoms with Gasteiger partial charge in [0.2, 0.25) is 11.8 Å². The van der Waals surface area contributed by atoms with E-state index in [-0.39, 0.29) is 29.8 Å². The zero-order valence-electron chi connectivity index (χ0n) is 27.2. The van der Waals surface area contributed by atoms with Crippen LogP contribution in [0.5, 0.6) is 5.75 Å². The van der Waals surface area contributed by atoms with Crippen LogP contribution in [-0.2, 0) is 32.6 Å². The van der Waals surface area contributed by atoms with Gasteiger partial charge in [0.1, 0.15) is 18.3 Å². The molecule has 0 saturated heterocycles. The summed E-state index contributed by atoms with van der Waals surface area (Å²) in [4.78, 5) is 30.1. The number of carbonyl (C=O) groups excluding carboxylic acids is 2. The molecule has 2 amide bonds. The lowest BCUT2D eigenvalue weighted by Crippen LogP contribution is -2.54. The second kappa shape index (κ2) is 16.6. The molecule has 0 radical (unpaired) electrons. The minimum atomic E-state index is -4.21. The van der Waals surface area contributed by atoms with Gasteiger partial charge in [-0.15, -0.1) is 0 Å². The maximum Gasteiger partial charge on any atom is 0.264 e. The fourth-order valence-corrected chi connectivity index (χ4v) is 6.70. The molecule has 10 heteroatoms. The van der Waals surface area contributed by atoms with E-state index >= 15 is 0 Å². The largest absolute Gasteiger partial charge is 0.494 e. The van der Waals surface area contributed by atoms with Crippen LogP contribution in [0.4, 0.5) is 5.69 Å². The van der Waals surface area contributed by atoms with Crippen molar-refractivity contribution in [3.05, 3.63) is 124 Å². The second-order valence-electron chi connectivity index (χ2n) is 11.4. The van der Waals surface area contributed by atoms with Crippen molar-refractivity contribution < 1.29 is 22.7 Å². The first-order valence-electron chi connectivity index (χ1n) is 15.7. The molecule has 4 rings (SSSR count). The summed E-state index contributed by atoms with van der Waals surface area (Å²) < 4.78 is 35.8. The number of carbonyl (C=O) groups is 2. The number of nitrogens with zero attached hydrogens (tertiary/aromatic N) is 2. The molecule has 0 saturated carbocycles. The molecule has 0 unspecified atom stereocenters. The Labute approximate surface area is 286 Å². The maximum atomic E-state index is 14.6. The number of rotatable bonds is 15. The molecule has 0 heterocycles. The normalized spacial score (nSPS) is 12.5. The van der Waals surface area contributed by atoms with E-state index in [1.54, 1.807) is 36.4 Å². The number of amides is 2. The lowest BCUT2D eigenvalue weighted by atomic mass is 10.0. The Balaban J connectivity index is 1.80. The number of nitrogens with one attached hydrogen (secondary N) is 1. The van der Waals surface area contributed by atoms with E-state index in [1.165, 1.54) is 17.0 Å². The minimum absolute atomic E-state index is 0.0304. The Morgan fingerprint density at radius 2 is 1.49 bits per heavy atom. The van der Waals surface area contributed by atoms with Crippen LogP contribution in [0.2, 0.25) is 0 Å². The second-order valence-corrected chi connectivity index (χ2v) is 14.2. The third-order valence-electron chi connectivity index (χ3n) is 7.86. The summed E-state index contributed by atoms with van der Waals surface area (Å²) in [6.45, 7) is 7.78. The average Bonchev–Trinajstić information content (AvgIpc) is 3.07. The molecule has 4 aromatic carbocycles. The van der Waals surface area contributed by atoms with Crippen LogP contribution in [0.3, 0.4) is 0 Å². The number of hydrogen-bond donors (Lipinski definition) is 1. The van der Waals surface area contributed by atoms with E-state index in [1.807, 2.05) is 82.3 Å². The predicted molar refractivity (Wildman–Crippen MR) is 190 cm³/mol. The van der Waals surface area contributed by atoms with Crippen molar-refractivity contribution in [1.82, 2.24) is 10.2 Å². The molecule has 0 fully saturated rings. The van der Waals surface area contributed by atoms with Crippen LogP contribution >= 0.6 is 15.9 Å². The smallest absolute Gasteiger partial charge is 0.264 e. The molecule has 0 aliphatic rings. The number of hydrogen-bond acceptors (Lipinski definition) is 5. The van der Waals surface area contributed by atoms with Crippen molar-refractivity contribution in [2.45, 2.75) is 64.1 Å². The minimum Gasteiger partial charge on any atom is -0.494 e. The summed E-state index contributed by atoms with van der Waals surface area (Å²) >= 11 is 3.37. The van der Waals surface area contributed by atoms with Crippen molar-refractivity contribution in [2.75, 3.05) is 17.5 Å². The Kier molecular flexibility index (Phi) is 12.6. The van der Waals surface area contributed by atoms with Crippen molar-refractivity contribution >= 4 is 43.5 Å². The van der Waals surface area contributed by atoms with E-state index < -0.39 is 28.5 Å². The van der Waals surface area contributed by atoms with Crippen molar-refractivity contribution in [3.63, 3.8) is 0 Å². The highest BCUT2D eigenvalue weighted by molar-refractivity contribution is 9.10. The van der Waals surface area contributed by atoms with E-state index in [0.717, 1.165) is 25.5 Å². The first kappa shape index (κ1) is 35.7. The third-order valence-corrected chi connectivity index (χ3v) is 10.2. The lowest BCUT2D eigenvalue weighted by molar-refractivity contribution is -0.140. The fraction of sp³-hybridized carbons (Fsp3) is 0.297. The van der Waals surface area contributed by atoms with E-state index in [4.69, 9.17) is 4.74 Å². The highest BCUT2D eigenvalue weighted by atomic mass is 79.9. The summed E-state index contributed by atoms with van der Waals surface area (Å²) in [6.07, 6.45) is 0.968. The molecule has 0 aliphatic heterocycles. The molecule has 0 aromatic heterocycles. The summed E-state index contributed by atoms with van der Waals surface area (Å²) in [6, 6.07) is 29.1. The number of benzene rings is 4. The van der Waals surface area contributed by atoms with Crippen molar-refractivity contribution in [1.29, 1.82) is 0 Å². The van der Waals surface area contributed by atoms with Crippen molar-refractivity contribution in [2.24, 2.45) is 0 Å². The highest BCUT2D eigenvalue weighted by Gasteiger charge is 2.35. The molecule has 47 heavy (non-hydrogen) atoms. The lowest BCUT2D eigenvalue weighted by Gasteiger charge is -2.34. The van der Waals surface area contributed by atoms with Gasteiger partial charge < -0.3 is 15.0 Å². The van der Waals surface area contributed by atoms with Gasteiger partial charge in [0.25, 0.3) is 10.0 Å². The Morgan fingerprint density at radius 1 is 0.851 bits per heavy atom. The van der Waals surface area contributed by atoms with E-state index in [0.29, 0.717) is 24.5 Å². The number of aryl methyl sites for hydroxylation is 1. The molecule has 4 aromatic rings. The topological polar surface area (TPSA) is 96.0 Å². The zero-order chi connectivity index (χ0) is 34.0. The quantitative estimate of drug-likeness (QED) is 0.144. The van der Waals surface area contributed by atoms with Gasteiger partial charge >= 0.3 is 0 Å². The first-order chi connectivity index (χ1) is 22.5. The highest BCUT2D eigenvalue weighted by Crippen LogP contribution is 2.28. The number of ether oxygens (including phenoxy) is 1. The Hall–Kier alpha value is -4.15. The molecule has 0 spiro atoms. The van der Waals surface area contributed by atoms with Crippen LogP contribution in [0.15, 0.2) is 112 Å². The molecule has 0 bridgehead atoms. The molecule has 8 nitrogen and oxygen atoms in total.